The van der Waals surface area contributed by atoms with Crippen LogP contribution in [0.4, 0.5) is 0 Å². The summed E-state index contributed by atoms with van der Waals surface area (Å²) in [6, 6.07) is 4.81. The first kappa shape index (κ1) is 16.6. The van der Waals surface area contributed by atoms with E-state index >= 15 is 0 Å². The largest absolute Gasteiger partial charge is 0.508 e. The third kappa shape index (κ3) is 1.96. The Morgan fingerprint density at radius 1 is 1.31 bits per heavy atom. The molecule has 0 fully saturated rings. The van der Waals surface area contributed by atoms with E-state index in [0.29, 0.717) is 17.7 Å². The predicted molar refractivity (Wildman–Crippen MR) is 98.1 cm³/mol. The highest BCUT2D eigenvalue weighted by atomic mass is 16.5. The predicted octanol–water partition coefficient (Wildman–Crippen LogP) is 3.78. The topological polar surface area (TPSA) is 63.6 Å². The van der Waals surface area contributed by atoms with Gasteiger partial charge in [0.05, 0.1) is 0 Å². The molecular weight excluding hydrogens is 328 g/mol. The van der Waals surface area contributed by atoms with Gasteiger partial charge in [0, 0.05) is 17.9 Å². The summed E-state index contributed by atoms with van der Waals surface area (Å²) >= 11 is 0. The Hall–Kier alpha value is -2.88. The van der Waals surface area contributed by atoms with Crippen molar-refractivity contribution in [2.24, 2.45) is 5.41 Å². The minimum absolute atomic E-state index is 0.0978. The normalized spacial score (nSPS) is 31.9. The molecule has 0 saturated heterocycles. The first-order valence-corrected chi connectivity index (χ1v) is 8.61. The summed E-state index contributed by atoms with van der Waals surface area (Å²) in [5.74, 6) is -0.144. The smallest absolute Gasteiger partial charge is 0.201 e. The number of hydrogen-bond donors (Lipinski definition) is 1. The molecule has 1 N–H and O–H groups in total. The van der Waals surface area contributed by atoms with E-state index in [1.165, 1.54) is 18.2 Å². The molecule has 26 heavy (non-hydrogen) atoms. The van der Waals surface area contributed by atoms with Crippen LogP contribution in [-0.4, -0.2) is 22.3 Å². The number of phenolic OH excluding ortho intramolecular Hbond substituents is 1. The van der Waals surface area contributed by atoms with Crippen LogP contribution < -0.4 is 4.74 Å². The molecule has 0 saturated carbocycles. The van der Waals surface area contributed by atoms with Gasteiger partial charge in [-0.3, -0.25) is 9.59 Å². The lowest BCUT2D eigenvalue weighted by Crippen LogP contribution is -2.67. The molecule has 1 aliphatic heterocycles. The van der Waals surface area contributed by atoms with Gasteiger partial charge in [0.1, 0.15) is 16.9 Å². The van der Waals surface area contributed by atoms with Gasteiger partial charge in [-0.05, 0) is 44.2 Å². The van der Waals surface area contributed by atoms with E-state index in [0.717, 1.165) is 11.1 Å². The van der Waals surface area contributed by atoms with Gasteiger partial charge in [-0.2, -0.15) is 0 Å². The van der Waals surface area contributed by atoms with Crippen molar-refractivity contribution in [1.29, 1.82) is 0 Å². The highest BCUT2D eigenvalue weighted by Gasteiger charge is 2.68. The molecule has 4 nitrogen and oxygen atoms in total. The van der Waals surface area contributed by atoms with E-state index in [9.17, 15) is 14.7 Å². The van der Waals surface area contributed by atoms with Gasteiger partial charge in [0.2, 0.25) is 5.78 Å². The Labute approximate surface area is 152 Å². The highest BCUT2D eigenvalue weighted by molar-refractivity contribution is 6.15. The number of fused-ring (bicyclic) bond motifs is 2. The maximum atomic E-state index is 13.2. The third-order valence-electron chi connectivity index (χ3n) is 5.57. The van der Waals surface area contributed by atoms with Crippen molar-refractivity contribution in [3.05, 3.63) is 71.9 Å². The summed E-state index contributed by atoms with van der Waals surface area (Å²) in [5, 5.41) is 9.99. The molecule has 0 aromatic heterocycles. The SMILES string of the molecule is C=C(C)/C=C/[C@@]12C(=O)C=CC(=O)[C@@]13CC(C)=C[C@@H]2c1cc(O)ccc1O3. The van der Waals surface area contributed by atoms with Gasteiger partial charge in [0.25, 0.3) is 0 Å². The van der Waals surface area contributed by atoms with E-state index in [1.807, 2.05) is 19.9 Å². The van der Waals surface area contributed by atoms with E-state index < -0.39 is 16.9 Å². The lowest BCUT2D eigenvalue weighted by molar-refractivity contribution is -0.156. The summed E-state index contributed by atoms with van der Waals surface area (Å²) in [7, 11) is 0. The van der Waals surface area contributed by atoms with Crippen molar-refractivity contribution in [1.82, 2.24) is 0 Å². The molecule has 0 spiro atoms. The summed E-state index contributed by atoms with van der Waals surface area (Å²) in [5.41, 5.74) is -0.0110. The van der Waals surface area contributed by atoms with Crippen LogP contribution in [0.3, 0.4) is 0 Å². The standard InChI is InChI=1S/C22H20O4/c1-13(2)8-9-21-17-10-14(3)12-22(21,20(25)7-6-19(21)24)26-18-5-4-15(23)11-16(17)18/h4-11,17,23H,1,12H2,2-3H3/b9-8+/t17-,21-,22+/m1/s1. The van der Waals surface area contributed by atoms with Crippen LogP contribution in [0.5, 0.6) is 11.5 Å². The van der Waals surface area contributed by atoms with Crippen molar-refractivity contribution in [3.63, 3.8) is 0 Å². The average molecular weight is 348 g/mol. The van der Waals surface area contributed by atoms with Gasteiger partial charge in [0.15, 0.2) is 11.4 Å². The summed E-state index contributed by atoms with van der Waals surface area (Å²) in [6.07, 6.45) is 8.60. The Morgan fingerprint density at radius 2 is 2.04 bits per heavy atom. The second-order valence-electron chi connectivity index (χ2n) is 7.43. The minimum Gasteiger partial charge on any atom is -0.508 e. The summed E-state index contributed by atoms with van der Waals surface area (Å²) in [4.78, 5) is 26.3. The number of allylic oxidation sites excluding steroid dienone is 4. The molecule has 3 atom stereocenters. The number of hydrogen-bond acceptors (Lipinski definition) is 4. The molecule has 3 aliphatic rings. The number of carbonyl (C=O) groups excluding carboxylic acids is 2. The monoisotopic (exact) mass is 348 g/mol. The number of ketones is 2. The Morgan fingerprint density at radius 3 is 2.77 bits per heavy atom. The van der Waals surface area contributed by atoms with Crippen molar-refractivity contribution < 1.29 is 19.4 Å². The van der Waals surface area contributed by atoms with E-state index in [2.05, 4.69) is 6.58 Å². The number of ether oxygens (including phenoxy) is 1. The van der Waals surface area contributed by atoms with Crippen molar-refractivity contribution in [3.8, 4) is 11.5 Å². The number of phenols is 1. The Balaban J connectivity index is 2.10. The van der Waals surface area contributed by atoms with Gasteiger partial charge in [-0.25, -0.2) is 0 Å². The Kier molecular flexibility index (Phi) is 3.38. The second kappa shape index (κ2) is 5.31. The first-order valence-electron chi connectivity index (χ1n) is 8.61. The number of carbonyl (C=O) groups is 2. The Bertz CT molecular complexity index is 949. The van der Waals surface area contributed by atoms with Crippen molar-refractivity contribution >= 4 is 11.6 Å². The molecule has 2 aliphatic carbocycles. The van der Waals surface area contributed by atoms with Gasteiger partial charge in [-0.1, -0.05) is 36.0 Å². The maximum absolute atomic E-state index is 13.2. The van der Waals surface area contributed by atoms with Crippen LogP contribution in [0.2, 0.25) is 0 Å². The zero-order chi connectivity index (χ0) is 18.7. The highest BCUT2D eigenvalue weighted by Crippen LogP contribution is 2.62. The number of aromatic hydroxyl groups is 1. The van der Waals surface area contributed by atoms with Crippen LogP contribution >= 0.6 is 0 Å². The lowest BCUT2D eigenvalue weighted by Gasteiger charge is -2.56. The second-order valence-corrected chi connectivity index (χ2v) is 7.43. The molecule has 4 heteroatoms. The molecule has 0 radical (unpaired) electrons. The van der Waals surface area contributed by atoms with Crippen LogP contribution in [-0.2, 0) is 9.59 Å². The molecular formula is C22H20O4. The molecule has 1 heterocycles. The van der Waals surface area contributed by atoms with E-state index in [-0.39, 0.29) is 17.3 Å². The molecule has 1 aromatic carbocycles. The average Bonchev–Trinajstić information content (AvgIpc) is 2.57. The summed E-state index contributed by atoms with van der Waals surface area (Å²) < 4.78 is 6.28. The van der Waals surface area contributed by atoms with E-state index in [4.69, 9.17) is 4.74 Å². The van der Waals surface area contributed by atoms with Gasteiger partial charge in [-0.15, -0.1) is 0 Å². The van der Waals surface area contributed by atoms with Crippen molar-refractivity contribution in [2.75, 3.05) is 0 Å². The molecule has 0 unspecified atom stereocenters. The zero-order valence-electron chi connectivity index (χ0n) is 14.8. The fourth-order valence-electron chi connectivity index (χ4n) is 4.49. The molecule has 4 rings (SSSR count). The zero-order valence-corrected chi connectivity index (χ0v) is 14.8. The third-order valence-corrected chi connectivity index (χ3v) is 5.57. The molecule has 1 aromatic rings. The quantitative estimate of drug-likeness (QED) is 0.652. The van der Waals surface area contributed by atoms with Crippen LogP contribution in [0.1, 0.15) is 31.7 Å². The van der Waals surface area contributed by atoms with Crippen LogP contribution in [0.25, 0.3) is 0 Å². The van der Waals surface area contributed by atoms with Crippen LogP contribution in [0.15, 0.2) is 66.3 Å². The molecule has 0 amide bonds. The molecule has 2 bridgehead atoms. The lowest BCUT2D eigenvalue weighted by atomic mass is 9.50. The van der Waals surface area contributed by atoms with Crippen molar-refractivity contribution in [2.45, 2.75) is 31.8 Å². The van der Waals surface area contributed by atoms with E-state index in [1.54, 1.807) is 24.3 Å². The summed E-state index contributed by atoms with van der Waals surface area (Å²) in [6.45, 7) is 7.66. The van der Waals surface area contributed by atoms with Gasteiger partial charge >= 0.3 is 0 Å². The maximum Gasteiger partial charge on any atom is 0.201 e. The fourth-order valence-corrected chi connectivity index (χ4v) is 4.49. The molecule has 132 valence electrons. The van der Waals surface area contributed by atoms with Crippen LogP contribution in [0, 0.1) is 5.41 Å². The number of rotatable bonds is 2. The first-order chi connectivity index (χ1) is 12.3. The fraction of sp³-hybridized carbons (Fsp3) is 0.273. The minimum atomic E-state index is -1.31. The van der Waals surface area contributed by atoms with Gasteiger partial charge < -0.3 is 9.84 Å². The number of benzene rings is 1.